The van der Waals surface area contributed by atoms with Gasteiger partial charge in [-0.05, 0) is 37.6 Å². The van der Waals surface area contributed by atoms with Gasteiger partial charge in [-0.1, -0.05) is 18.2 Å². The van der Waals surface area contributed by atoms with Crippen molar-refractivity contribution in [1.29, 1.82) is 0 Å². The summed E-state index contributed by atoms with van der Waals surface area (Å²) in [6, 6.07) is 13.0. The first-order chi connectivity index (χ1) is 13.3. The largest absolute Gasteiger partial charge is 0.455 e. The van der Waals surface area contributed by atoms with Gasteiger partial charge in [0.05, 0.1) is 6.26 Å². The fraction of sp³-hybridized carbons (Fsp3) is 0.263. The number of carbonyl (C=O) groups is 1. The predicted octanol–water partition coefficient (Wildman–Crippen LogP) is 3.16. The smallest absolute Gasteiger partial charge is 0.348 e. The second kappa shape index (κ2) is 8.68. The van der Waals surface area contributed by atoms with Crippen LogP contribution in [0.3, 0.4) is 0 Å². The van der Waals surface area contributed by atoms with Crippen LogP contribution < -0.4 is 4.72 Å². The van der Waals surface area contributed by atoms with Crippen LogP contribution in [-0.2, 0) is 27.8 Å². The van der Waals surface area contributed by atoms with Crippen LogP contribution in [0, 0.1) is 6.92 Å². The summed E-state index contributed by atoms with van der Waals surface area (Å²) in [4.78, 5) is 18.0. The van der Waals surface area contributed by atoms with Crippen LogP contribution in [0.5, 0.6) is 0 Å². The first-order valence-corrected chi connectivity index (χ1v) is 11.2. The highest BCUT2D eigenvalue weighted by atomic mass is 32.2. The standard InChI is InChI=1S/C19H20N2O5S2/c1-13-16(21-18(26-13)14-6-4-3-5-7-14)12-25-19(22)17-9-8-15(27-17)10-11-20-28(2,23)24/h3-9,20H,10-12H2,1-2H3. The highest BCUT2D eigenvalue weighted by Crippen LogP contribution is 2.23. The third-order valence-corrected chi connectivity index (χ3v) is 5.71. The number of hydrogen-bond donors (Lipinski definition) is 1. The van der Waals surface area contributed by atoms with E-state index < -0.39 is 16.0 Å². The van der Waals surface area contributed by atoms with E-state index in [2.05, 4.69) is 9.71 Å². The quantitative estimate of drug-likeness (QED) is 0.562. The van der Waals surface area contributed by atoms with Gasteiger partial charge in [-0.3, -0.25) is 0 Å². The van der Waals surface area contributed by atoms with Crippen molar-refractivity contribution < 1.29 is 22.4 Å². The predicted molar refractivity (Wildman–Crippen MR) is 107 cm³/mol. The molecule has 0 saturated carbocycles. The van der Waals surface area contributed by atoms with Crippen LogP contribution >= 0.6 is 11.3 Å². The van der Waals surface area contributed by atoms with E-state index in [1.807, 2.05) is 30.3 Å². The van der Waals surface area contributed by atoms with Crippen molar-refractivity contribution in [2.75, 3.05) is 12.8 Å². The monoisotopic (exact) mass is 420 g/mol. The Labute approximate surface area is 167 Å². The van der Waals surface area contributed by atoms with Gasteiger partial charge in [-0.25, -0.2) is 22.9 Å². The van der Waals surface area contributed by atoms with Crippen molar-refractivity contribution in [1.82, 2.24) is 9.71 Å². The van der Waals surface area contributed by atoms with E-state index in [0.29, 0.717) is 28.6 Å². The van der Waals surface area contributed by atoms with E-state index in [1.54, 1.807) is 19.1 Å². The number of rotatable bonds is 8. The van der Waals surface area contributed by atoms with Gasteiger partial charge in [-0.2, -0.15) is 0 Å². The molecule has 3 rings (SSSR count). The molecule has 0 spiro atoms. The Bertz CT molecular complexity index is 1060. The van der Waals surface area contributed by atoms with E-state index >= 15 is 0 Å². The summed E-state index contributed by atoms with van der Waals surface area (Å²) in [5, 5.41) is 0. The van der Waals surface area contributed by atoms with Crippen molar-refractivity contribution >= 4 is 27.3 Å². The SMILES string of the molecule is Cc1oc(-c2ccccc2)nc1COC(=O)c1ccc(CCNS(C)(=O)=O)s1. The number of thiophene rings is 1. The summed E-state index contributed by atoms with van der Waals surface area (Å²) in [6.45, 7) is 2.08. The number of nitrogens with one attached hydrogen (secondary N) is 1. The average molecular weight is 421 g/mol. The van der Waals surface area contributed by atoms with Crippen LogP contribution in [0.4, 0.5) is 0 Å². The molecule has 0 amide bonds. The molecule has 0 radical (unpaired) electrons. The summed E-state index contributed by atoms with van der Waals surface area (Å²) >= 11 is 1.28. The van der Waals surface area contributed by atoms with E-state index in [0.717, 1.165) is 16.7 Å². The number of esters is 1. The summed E-state index contributed by atoms with van der Waals surface area (Å²) in [5.41, 5.74) is 1.43. The molecule has 0 unspecified atom stereocenters. The number of ether oxygens (including phenoxy) is 1. The maximum Gasteiger partial charge on any atom is 0.348 e. The molecule has 9 heteroatoms. The minimum absolute atomic E-state index is 0.0177. The van der Waals surface area contributed by atoms with Crippen molar-refractivity contribution in [2.45, 2.75) is 20.0 Å². The molecule has 0 aliphatic rings. The first kappa shape index (κ1) is 20.2. The number of nitrogens with zero attached hydrogens (tertiary/aromatic N) is 1. The van der Waals surface area contributed by atoms with Crippen LogP contribution in [0.25, 0.3) is 11.5 Å². The Kier molecular flexibility index (Phi) is 6.28. The van der Waals surface area contributed by atoms with E-state index in [9.17, 15) is 13.2 Å². The fourth-order valence-corrected chi connectivity index (χ4v) is 3.83. The van der Waals surface area contributed by atoms with Crippen LogP contribution in [0.2, 0.25) is 0 Å². The normalized spacial score (nSPS) is 11.5. The molecule has 0 aliphatic heterocycles. The van der Waals surface area contributed by atoms with Gasteiger partial charge in [0.1, 0.15) is 22.9 Å². The zero-order valence-electron chi connectivity index (χ0n) is 15.5. The lowest BCUT2D eigenvalue weighted by molar-refractivity contribution is 0.0472. The van der Waals surface area contributed by atoms with E-state index in [1.165, 1.54) is 11.3 Å². The number of oxazole rings is 1. The number of aromatic nitrogens is 1. The molecule has 0 saturated heterocycles. The molecule has 0 bridgehead atoms. The maximum atomic E-state index is 12.3. The highest BCUT2D eigenvalue weighted by Gasteiger charge is 2.16. The molecule has 0 aliphatic carbocycles. The van der Waals surface area contributed by atoms with E-state index in [4.69, 9.17) is 9.15 Å². The number of aryl methyl sites for hydroxylation is 1. The molecule has 1 aromatic carbocycles. The molecule has 28 heavy (non-hydrogen) atoms. The van der Waals surface area contributed by atoms with Crippen molar-refractivity contribution in [3.63, 3.8) is 0 Å². The van der Waals surface area contributed by atoms with Crippen molar-refractivity contribution in [3.8, 4) is 11.5 Å². The lowest BCUT2D eigenvalue weighted by atomic mass is 10.2. The fourth-order valence-electron chi connectivity index (χ4n) is 2.45. The Morgan fingerprint density at radius 2 is 1.96 bits per heavy atom. The van der Waals surface area contributed by atoms with E-state index in [-0.39, 0.29) is 13.2 Å². The number of sulfonamides is 1. The van der Waals surface area contributed by atoms with Gasteiger partial charge in [0.2, 0.25) is 15.9 Å². The van der Waals surface area contributed by atoms with Gasteiger partial charge in [0, 0.05) is 17.0 Å². The number of hydrogen-bond acceptors (Lipinski definition) is 7. The topological polar surface area (TPSA) is 98.5 Å². The van der Waals surface area contributed by atoms with Crippen LogP contribution in [0.1, 0.15) is 26.0 Å². The second-order valence-electron chi connectivity index (χ2n) is 6.15. The molecule has 7 nitrogen and oxygen atoms in total. The molecule has 3 aromatic rings. The molecule has 2 heterocycles. The molecule has 0 atom stereocenters. The summed E-state index contributed by atoms with van der Waals surface area (Å²) in [6.07, 6.45) is 1.62. The second-order valence-corrected chi connectivity index (χ2v) is 9.15. The maximum absolute atomic E-state index is 12.3. The number of benzene rings is 1. The van der Waals surface area contributed by atoms with Gasteiger partial charge in [0.25, 0.3) is 0 Å². The van der Waals surface area contributed by atoms with Gasteiger partial charge in [0.15, 0.2) is 0 Å². The third kappa shape index (κ3) is 5.51. The molecule has 2 aromatic heterocycles. The lowest BCUT2D eigenvalue weighted by Crippen LogP contribution is -2.23. The van der Waals surface area contributed by atoms with Gasteiger partial charge < -0.3 is 9.15 Å². The first-order valence-electron chi connectivity index (χ1n) is 8.54. The molecule has 1 N–H and O–H groups in total. The molecule has 0 fully saturated rings. The van der Waals surface area contributed by atoms with Gasteiger partial charge in [-0.15, -0.1) is 11.3 Å². The molecular formula is C19H20N2O5S2. The summed E-state index contributed by atoms with van der Waals surface area (Å²) in [5.74, 6) is 0.641. The van der Waals surface area contributed by atoms with Gasteiger partial charge >= 0.3 is 5.97 Å². The Morgan fingerprint density at radius 1 is 1.21 bits per heavy atom. The third-order valence-electron chi connectivity index (χ3n) is 3.85. The minimum Gasteiger partial charge on any atom is -0.455 e. The summed E-state index contributed by atoms with van der Waals surface area (Å²) in [7, 11) is -3.22. The van der Waals surface area contributed by atoms with Crippen LogP contribution in [-0.4, -0.2) is 32.2 Å². The minimum atomic E-state index is -3.22. The Balaban J connectivity index is 1.57. The lowest BCUT2D eigenvalue weighted by Gasteiger charge is -2.01. The average Bonchev–Trinajstić information content (AvgIpc) is 3.26. The van der Waals surface area contributed by atoms with Crippen molar-refractivity contribution in [3.05, 3.63) is 63.7 Å². The zero-order valence-corrected chi connectivity index (χ0v) is 17.1. The van der Waals surface area contributed by atoms with Crippen molar-refractivity contribution in [2.24, 2.45) is 0 Å². The molecular weight excluding hydrogens is 400 g/mol. The number of carbonyl (C=O) groups excluding carboxylic acids is 1. The summed E-state index contributed by atoms with van der Waals surface area (Å²) < 4.78 is 35.6. The zero-order chi connectivity index (χ0) is 20.1. The van der Waals surface area contributed by atoms with Crippen LogP contribution in [0.15, 0.2) is 46.9 Å². The Hall–Kier alpha value is -2.49. The highest BCUT2D eigenvalue weighted by molar-refractivity contribution is 7.88. The Morgan fingerprint density at radius 3 is 2.68 bits per heavy atom. The molecule has 148 valence electrons.